The molecule has 0 saturated carbocycles. The average molecular weight is 327 g/mol. The predicted octanol–water partition coefficient (Wildman–Crippen LogP) is 2.19. The van der Waals surface area contributed by atoms with Crippen LogP contribution < -0.4 is 5.56 Å². The van der Waals surface area contributed by atoms with E-state index in [0.717, 1.165) is 0 Å². The maximum Gasteiger partial charge on any atom is 0.255 e. The molecule has 2 heterocycles. The number of fused-ring (bicyclic) bond motifs is 1. The van der Waals surface area contributed by atoms with Crippen molar-refractivity contribution in [1.82, 2.24) is 14.9 Å². The molecule has 1 aromatic heterocycles. The molecule has 1 N–H and O–H groups in total. The number of aromatic nitrogens is 2. The number of aryl methyl sites for hydroxylation is 1. The molecule has 1 aliphatic rings. The van der Waals surface area contributed by atoms with Crippen molar-refractivity contribution in [1.29, 1.82) is 0 Å². The molecule has 3 rings (SSSR count). The van der Waals surface area contributed by atoms with E-state index < -0.39 is 28.8 Å². The Morgan fingerprint density at radius 1 is 1.22 bits per heavy atom. The van der Waals surface area contributed by atoms with Crippen LogP contribution in [0.1, 0.15) is 22.6 Å². The van der Waals surface area contributed by atoms with Gasteiger partial charge in [0.25, 0.3) is 5.56 Å². The summed E-state index contributed by atoms with van der Waals surface area (Å²) in [5.41, 5.74) is 0.0411. The molecule has 0 atom stereocenters. The first-order valence-electron chi connectivity index (χ1n) is 6.99. The highest BCUT2D eigenvalue weighted by Gasteiger charge is 2.25. The molecular formula is C15H13F4N3O. The maximum absolute atomic E-state index is 13.7. The summed E-state index contributed by atoms with van der Waals surface area (Å²) in [6.45, 7) is 1.81. The number of nitrogens with zero attached hydrogens (tertiary/aromatic N) is 2. The molecule has 1 aliphatic heterocycles. The molecule has 0 radical (unpaired) electrons. The van der Waals surface area contributed by atoms with Gasteiger partial charge in [-0.25, -0.2) is 22.5 Å². The van der Waals surface area contributed by atoms with Crippen molar-refractivity contribution in [2.45, 2.75) is 26.4 Å². The second-order valence-corrected chi connectivity index (χ2v) is 5.48. The Morgan fingerprint density at radius 2 is 1.87 bits per heavy atom. The van der Waals surface area contributed by atoms with E-state index in [-0.39, 0.29) is 24.7 Å². The minimum absolute atomic E-state index is 0.106. The Balaban J connectivity index is 1.90. The first-order chi connectivity index (χ1) is 10.9. The molecule has 0 aliphatic carbocycles. The highest BCUT2D eigenvalue weighted by molar-refractivity contribution is 5.24. The van der Waals surface area contributed by atoms with Gasteiger partial charge in [-0.05, 0) is 6.92 Å². The Labute approximate surface area is 128 Å². The van der Waals surface area contributed by atoms with Gasteiger partial charge in [0.15, 0.2) is 23.3 Å². The van der Waals surface area contributed by atoms with Gasteiger partial charge >= 0.3 is 0 Å². The van der Waals surface area contributed by atoms with Crippen LogP contribution in [-0.4, -0.2) is 21.4 Å². The second kappa shape index (κ2) is 5.77. The number of benzene rings is 1. The molecule has 0 amide bonds. The van der Waals surface area contributed by atoms with Gasteiger partial charge in [-0.15, -0.1) is 0 Å². The van der Waals surface area contributed by atoms with Crippen LogP contribution in [0.5, 0.6) is 0 Å². The molecule has 1 aromatic carbocycles. The fraction of sp³-hybridized carbons (Fsp3) is 0.333. The third-order valence-electron chi connectivity index (χ3n) is 3.85. The minimum atomic E-state index is -1.44. The van der Waals surface area contributed by atoms with E-state index in [9.17, 15) is 22.4 Å². The van der Waals surface area contributed by atoms with Crippen molar-refractivity contribution in [2.75, 3.05) is 6.54 Å². The third kappa shape index (κ3) is 2.86. The quantitative estimate of drug-likeness (QED) is 0.679. The molecule has 0 unspecified atom stereocenters. The zero-order valence-corrected chi connectivity index (χ0v) is 12.2. The zero-order valence-electron chi connectivity index (χ0n) is 12.2. The van der Waals surface area contributed by atoms with Gasteiger partial charge in [-0.2, -0.15) is 0 Å². The number of hydrogen-bond donors (Lipinski definition) is 1. The van der Waals surface area contributed by atoms with E-state index in [1.807, 2.05) is 0 Å². The lowest BCUT2D eigenvalue weighted by atomic mass is 10.1. The first-order valence-corrected chi connectivity index (χ1v) is 6.99. The summed E-state index contributed by atoms with van der Waals surface area (Å²) < 4.78 is 54.0. The fourth-order valence-electron chi connectivity index (χ4n) is 2.73. The summed E-state index contributed by atoms with van der Waals surface area (Å²) in [7, 11) is 0. The normalized spacial score (nSPS) is 14.8. The lowest BCUT2D eigenvalue weighted by molar-refractivity contribution is 0.232. The summed E-state index contributed by atoms with van der Waals surface area (Å²) in [5, 5.41) is 0. The van der Waals surface area contributed by atoms with Gasteiger partial charge in [0.1, 0.15) is 5.82 Å². The van der Waals surface area contributed by atoms with E-state index in [0.29, 0.717) is 30.0 Å². The van der Waals surface area contributed by atoms with Crippen LogP contribution in [0.4, 0.5) is 17.6 Å². The van der Waals surface area contributed by atoms with Crippen LogP contribution in [0.25, 0.3) is 0 Å². The number of rotatable bonds is 2. The summed E-state index contributed by atoms with van der Waals surface area (Å²) >= 11 is 0. The van der Waals surface area contributed by atoms with Crippen LogP contribution in [0.15, 0.2) is 10.9 Å². The number of hydrogen-bond acceptors (Lipinski definition) is 3. The van der Waals surface area contributed by atoms with Crippen LogP contribution in [-0.2, 0) is 19.5 Å². The number of nitrogens with one attached hydrogen (secondary N) is 1. The van der Waals surface area contributed by atoms with Gasteiger partial charge in [-0.3, -0.25) is 9.69 Å². The van der Waals surface area contributed by atoms with E-state index in [2.05, 4.69) is 9.97 Å². The van der Waals surface area contributed by atoms with Crippen LogP contribution >= 0.6 is 0 Å². The van der Waals surface area contributed by atoms with Gasteiger partial charge < -0.3 is 4.98 Å². The SMILES string of the molecule is Cc1nc2c(c(=O)[nH]1)CN(Cc1c(F)c(F)cc(F)c1F)CC2. The predicted molar refractivity (Wildman–Crippen MR) is 73.7 cm³/mol. The zero-order chi connectivity index (χ0) is 16.7. The van der Waals surface area contributed by atoms with Crippen LogP contribution in [0, 0.1) is 30.2 Å². The number of H-pyrrole nitrogens is 1. The van der Waals surface area contributed by atoms with Crippen molar-refractivity contribution >= 4 is 0 Å². The van der Waals surface area contributed by atoms with Gasteiger partial charge in [0.2, 0.25) is 0 Å². The molecule has 0 spiro atoms. The summed E-state index contributed by atoms with van der Waals surface area (Å²) in [5.74, 6) is -5.21. The molecule has 0 bridgehead atoms. The Hall–Kier alpha value is -2.22. The lowest BCUT2D eigenvalue weighted by Gasteiger charge is -2.27. The van der Waals surface area contributed by atoms with Crippen molar-refractivity contribution in [2.24, 2.45) is 0 Å². The van der Waals surface area contributed by atoms with Crippen molar-refractivity contribution < 1.29 is 17.6 Å². The van der Waals surface area contributed by atoms with E-state index in [1.54, 1.807) is 11.8 Å². The molecule has 8 heteroatoms. The monoisotopic (exact) mass is 327 g/mol. The highest BCUT2D eigenvalue weighted by Crippen LogP contribution is 2.23. The molecule has 4 nitrogen and oxygen atoms in total. The minimum Gasteiger partial charge on any atom is -0.310 e. The van der Waals surface area contributed by atoms with Crippen molar-refractivity contribution in [3.8, 4) is 0 Å². The van der Waals surface area contributed by atoms with Crippen LogP contribution in [0.2, 0.25) is 0 Å². The topological polar surface area (TPSA) is 49.0 Å². The smallest absolute Gasteiger partial charge is 0.255 e. The first kappa shape index (κ1) is 15.7. The van der Waals surface area contributed by atoms with Gasteiger partial charge in [0.05, 0.1) is 11.3 Å². The summed E-state index contributed by atoms with van der Waals surface area (Å²) in [4.78, 5) is 20.3. The molecule has 23 heavy (non-hydrogen) atoms. The summed E-state index contributed by atoms with van der Waals surface area (Å²) in [6.07, 6.45) is 0.418. The standard InChI is InChI=1S/C15H13F4N3O/c1-7-20-12-2-3-22(5-8(12)15(23)21-7)6-9-13(18)10(16)4-11(17)14(9)19/h4H,2-3,5-6H2,1H3,(H,20,21,23). The van der Waals surface area contributed by atoms with Gasteiger partial charge in [-0.1, -0.05) is 0 Å². The Kier molecular flexibility index (Phi) is 3.93. The number of halogens is 4. The second-order valence-electron chi connectivity index (χ2n) is 5.48. The molecule has 0 saturated heterocycles. The molecule has 122 valence electrons. The fourth-order valence-corrected chi connectivity index (χ4v) is 2.73. The Morgan fingerprint density at radius 3 is 2.52 bits per heavy atom. The highest BCUT2D eigenvalue weighted by atomic mass is 19.2. The van der Waals surface area contributed by atoms with E-state index in [1.165, 1.54) is 0 Å². The van der Waals surface area contributed by atoms with E-state index >= 15 is 0 Å². The van der Waals surface area contributed by atoms with Crippen molar-refractivity contribution in [3.63, 3.8) is 0 Å². The third-order valence-corrected chi connectivity index (χ3v) is 3.85. The van der Waals surface area contributed by atoms with E-state index in [4.69, 9.17) is 0 Å². The molecule has 2 aromatic rings. The summed E-state index contributed by atoms with van der Waals surface area (Å²) in [6, 6.07) is 0.178. The Bertz CT molecular complexity index is 808. The van der Waals surface area contributed by atoms with Gasteiger partial charge in [0, 0.05) is 37.7 Å². The lowest BCUT2D eigenvalue weighted by Crippen LogP contribution is -2.36. The average Bonchev–Trinajstić information content (AvgIpc) is 2.50. The van der Waals surface area contributed by atoms with Crippen LogP contribution in [0.3, 0.4) is 0 Å². The molecular weight excluding hydrogens is 314 g/mol. The van der Waals surface area contributed by atoms with Crippen molar-refractivity contribution in [3.05, 3.63) is 62.3 Å². The maximum atomic E-state index is 13.7. The number of aromatic amines is 1. The molecule has 0 fully saturated rings. The largest absolute Gasteiger partial charge is 0.310 e.